The van der Waals surface area contributed by atoms with Crippen LogP contribution in [0.15, 0.2) is 48.7 Å². The summed E-state index contributed by atoms with van der Waals surface area (Å²) in [5.41, 5.74) is -4.12. The molecular weight excluding hydrogens is 841 g/mol. The lowest BCUT2D eigenvalue weighted by Crippen LogP contribution is -2.54. The molecular formula is C41H36F4N8O8S. The van der Waals surface area contributed by atoms with Crippen LogP contribution in [-0.4, -0.2) is 87.6 Å². The van der Waals surface area contributed by atoms with Crippen LogP contribution in [-0.2, 0) is 30.1 Å². The van der Waals surface area contributed by atoms with E-state index in [0.717, 1.165) is 17.0 Å². The number of nitrogens with zero attached hydrogens (tertiary/aromatic N) is 5. The van der Waals surface area contributed by atoms with Gasteiger partial charge in [-0.3, -0.25) is 53.7 Å². The summed E-state index contributed by atoms with van der Waals surface area (Å²) in [6, 6.07) is 9.43. The molecule has 21 heteroatoms. The van der Waals surface area contributed by atoms with E-state index in [1.54, 1.807) is 12.1 Å². The van der Waals surface area contributed by atoms with Crippen molar-refractivity contribution in [2.75, 3.05) is 29.5 Å². The van der Waals surface area contributed by atoms with Crippen LogP contribution in [0.4, 0.5) is 28.9 Å². The normalized spacial score (nSPS) is 20.5. The van der Waals surface area contributed by atoms with Crippen molar-refractivity contribution in [2.45, 2.75) is 69.6 Å². The van der Waals surface area contributed by atoms with Crippen molar-refractivity contribution in [3.05, 3.63) is 82.4 Å². The van der Waals surface area contributed by atoms with E-state index in [9.17, 15) is 46.7 Å². The number of ether oxygens (including phenoxy) is 1. The van der Waals surface area contributed by atoms with Crippen molar-refractivity contribution in [3.8, 4) is 11.8 Å². The molecule has 2 aromatic carbocycles. The van der Waals surface area contributed by atoms with E-state index in [2.05, 4.69) is 20.9 Å². The standard InChI is InChI=1S/C41H36F4N8O8S/c1-40(2)38(60)52(26-11-8-20(17-46)32(33(26)42)41(43,44)45)39(62)53(40)21-9-10-25(49-18-21)23-16-24(23)34(56)48-15-4-3-14-47-30(55)19-61-28-7-5-6-22-31(28)37(59)51(36(22)58)27-12-13-29(54)50-35(27)57/h5-11,18,23-24,27H,3-4,12-16,19H2,1-2H3,(H,47,55)(H,48,56)(H,50,54,57). The highest BCUT2D eigenvalue weighted by Crippen LogP contribution is 2.48. The molecule has 0 spiro atoms. The van der Waals surface area contributed by atoms with Gasteiger partial charge in [0.05, 0.1) is 40.3 Å². The predicted octanol–water partition coefficient (Wildman–Crippen LogP) is 3.62. The molecule has 1 aromatic heterocycles. The number of amides is 7. The van der Waals surface area contributed by atoms with E-state index < -0.39 is 82.4 Å². The number of anilines is 2. The first-order valence-electron chi connectivity index (χ1n) is 19.3. The Balaban J connectivity index is 0.853. The van der Waals surface area contributed by atoms with Crippen molar-refractivity contribution in [3.63, 3.8) is 0 Å². The van der Waals surface area contributed by atoms with Crippen LogP contribution in [0, 0.1) is 23.1 Å². The van der Waals surface area contributed by atoms with Gasteiger partial charge < -0.3 is 20.3 Å². The Labute approximate surface area is 355 Å². The number of alkyl halides is 3. The molecule has 3 aromatic rings. The predicted molar refractivity (Wildman–Crippen MR) is 212 cm³/mol. The fourth-order valence-corrected chi connectivity index (χ4v) is 8.24. The molecule has 7 amide bonds. The van der Waals surface area contributed by atoms with Gasteiger partial charge in [0.1, 0.15) is 22.9 Å². The number of rotatable bonds is 13. The maximum absolute atomic E-state index is 15.4. The van der Waals surface area contributed by atoms with Gasteiger partial charge in [-0.1, -0.05) is 6.07 Å². The molecule has 3 fully saturated rings. The highest BCUT2D eigenvalue weighted by Gasteiger charge is 2.53. The average molecular weight is 877 g/mol. The van der Waals surface area contributed by atoms with Gasteiger partial charge >= 0.3 is 6.18 Å². The fourth-order valence-electron chi connectivity index (χ4n) is 7.73. The molecule has 0 bridgehead atoms. The van der Waals surface area contributed by atoms with Crippen molar-refractivity contribution >= 4 is 70.1 Å². The van der Waals surface area contributed by atoms with Gasteiger partial charge in [-0.15, -0.1) is 0 Å². The van der Waals surface area contributed by atoms with E-state index >= 15 is 4.39 Å². The van der Waals surface area contributed by atoms with Crippen molar-refractivity contribution in [1.29, 1.82) is 5.26 Å². The Morgan fingerprint density at radius 2 is 1.76 bits per heavy atom. The van der Waals surface area contributed by atoms with Gasteiger partial charge in [0.25, 0.3) is 23.6 Å². The van der Waals surface area contributed by atoms with Crippen LogP contribution in [0.5, 0.6) is 5.75 Å². The Morgan fingerprint density at radius 3 is 2.42 bits per heavy atom. The van der Waals surface area contributed by atoms with Gasteiger partial charge in [-0.05, 0) is 88.1 Å². The fraction of sp³-hybridized carbons (Fsp3) is 0.366. The minimum atomic E-state index is -5.21. The maximum atomic E-state index is 15.4. The molecule has 3 unspecified atom stereocenters. The van der Waals surface area contributed by atoms with Crippen LogP contribution < -0.4 is 30.5 Å². The van der Waals surface area contributed by atoms with Gasteiger partial charge in [0, 0.05) is 37.0 Å². The number of unbranched alkanes of at least 4 members (excludes halogenated alkanes) is 1. The lowest BCUT2D eigenvalue weighted by atomic mass is 10.0. The minimum Gasteiger partial charge on any atom is -0.483 e. The molecule has 0 radical (unpaired) electrons. The third-order valence-electron chi connectivity index (χ3n) is 11.0. The molecule has 16 nitrogen and oxygen atoms in total. The summed E-state index contributed by atoms with van der Waals surface area (Å²) in [4.78, 5) is 96.4. The second kappa shape index (κ2) is 16.6. The second-order valence-electron chi connectivity index (χ2n) is 15.4. The van der Waals surface area contributed by atoms with Crippen LogP contribution in [0.3, 0.4) is 0 Å². The van der Waals surface area contributed by atoms with Gasteiger partial charge in [0.2, 0.25) is 17.7 Å². The third kappa shape index (κ3) is 7.92. The number of aromatic nitrogens is 1. The molecule has 4 aliphatic rings. The Hall–Kier alpha value is -6.82. The molecule has 3 atom stereocenters. The molecule has 2 saturated heterocycles. The largest absolute Gasteiger partial charge is 0.483 e. The highest BCUT2D eigenvalue weighted by atomic mass is 32.1. The van der Waals surface area contributed by atoms with Crippen LogP contribution in [0.25, 0.3) is 0 Å². The average Bonchev–Trinajstić information content (AvgIpc) is 3.95. The van der Waals surface area contributed by atoms with E-state index in [1.807, 2.05) is 0 Å². The minimum absolute atomic E-state index is 0.00574. The number of hydrogen-bond acceptors (Lipinski definition) is 11. The third-order valence-corrected chi connectivity index (χ3v) is 11.3. The number of halogens is 4. The molecule has 3 aliphatic heterocycles. The molecule has 62 heavy (non-hydrogen) atoms. The first kappa shape index (κ1) is 43.3. The van der Waals surface area contributed by atoms with Crippen molar-refractivity contribution < 1.29 is 55.9 Å². The monoisotopic (exact) mass is 876 g/mol. The van der Waals surface area contributed by atoms with Gasteiger partial charge in [0.15, 0.2) is 17.5 Å². The zero-order chi connectivity index (χ0) is 44.8. The molecule has 7 rings (SSSR count). The summed E-state index contributed by atoms with van der Waals surface area (Å²) >= 11 is 5.49. The number of pyridine rings is 1. The van der Waals surface area contributed by atoms with E-state index in [-0.39, 0.29) is 59.1 Å². The van der Waals surface area contributed by atoms with Crippen molar-refractivity contribution in [1.82, 2.24) is 25.8 Å². The zero-order valence-corrected chi connectivity index (χ0v) is 33.7. The number of benzene rings is 2. The highest BCUT2D eigenvalue weighted by molar-refractivity contribution is 7.81. The quantitative estimate of drug-likeness (QED) is 0.0974. The Bertz CT molecular complexity index is 2490. The lowest BCUT2D eigenvalue weighted by molar-refractivity contribution is -0.140. The Kier molecular flexibility index (Phi) is 11.6. The number of imide groups is 2. The number of carbonyl (C=O) groups excluding carboxylic acids is 7. The number of nitriles is 1. The lowest BCUT2D eigenvalue weighted by Gasteiger charge is -2.29. The van der Waals surface area contributed by atoms with Crippen LogP contribution in [0.1, 0.15) is 89.4 Å². The molecule has 1 saturated carbocycles. The second-order valence-corrected chi connectivity index (χ2v) is 15.8. The van der Waals surface area contributed by atoms with E-state index in [0.29, 0.717) is 42.1 Å². The van der Waals surface area contributed by atoms with Crippen LogP contribution >= 0.6 is 12.2 Å². The summed E-state index contributed by atoms with van der Waals surface area (Å²) < 4.78 is 62.1. The first-order chi connectivity index (χ1) is 29.4. The zero-order valence-electron chi connectivity index (χ0n) is 32.9. The summed E-state index contributed by atoms with van der Waals surface area (Å²) in [6.07, 6.45) is -2.28. The first-order valence-corrected chi connectivity index (χ1v) is 19.7. The van der Waals surface area contributed by atoms with Crippen molar-refractivity contribution in [2.24, 2.45) is 5.92 Å². The smallest absolute Gasteiger partial charge is 0.420 e. The van der Waals surface area contributed by atoms with Crippen LogP contribution in [0.2, 0.25) is 0 Å². The molecule has 322 valence electrons. The summed E-state index contributed by atoms with van der Waals surface area (Å²) in [5.74, 6) is -6.56. The summed E-state index contributed by atoms with van der Waals surface area (Å²) in [5, 5.41) is 16.5. The summed E-state index contributed by atoms with van der Waals surface area (Å²) in [6.45, 7) is 3.06. The molecule has 4 heterocycles. The number of carbonyl (C=O) groups is 7. The van der Waals surface area contributed by atoms with Gasteiger partial charge in [-0.2, -0.15) is 18.4 Å². The van der Waals surface area contributed by atoms with Gasteiger partial charge in [-0.25, -0.2) is 4.39 Å². The Morgan fingerprint density at radius 1 is 1.03 bits per heavy atom. The number of piperidine rings is 1. The maximum Gasteiger partial charge on any atom is 0.420 e. The van der Waals surface area contributed by atoms with E-state index in [4.69, 9.17) is 22.2 Å². The SMILES string of the molecule is CC1(C)C(=O)N(c2ccc(C#N)c(C(F)(F)F)c2F)C(=S)N1c1ccc(C2CC2C(=O)NCCCCNC(=O)COc2cccc3c2C(=O)N(C2CCC(=O)NC2=O)C3=O)nc1. The number of nitrogens with one attached hydrogen (secondary N) is 3. The number of hydrogen-bond donors (Lipinski definition) is 3. The topological polar surface area (TPSA) is 211 Å². The summed E-state index contributed by atoms with van der Waals surface area (Å²) in [7, 11) is 0. The van der Waals surface area contributed by atoms with E-state index in [1.165, 1.54) is 49.2 Å². The number of fused-ring (bicyclic) bond motifs is 1. The molecule has 1 aliphatic carbocycles. The number of thiocarbonyl (C=S) groups is 1. The molecule has 3 N–H and O–H groups in total.